The van der Waals surface area contributed by atoms with E-state index in [2.05, 4.69) is 20.8 Å². The average molecular weight is 744 g/mol. The van der Waals surface area contributed by atoms with Crippen LogP contribution in [-0.4, -0.2) is 65.4 Å². The van der Waals surface area contributed by atoms with E-state index in [9.17, 15) is 27.6 Å². The van der Waals surface area contributed by atoms with Crippen molar-refractivity contribution in [3.63, 3.8) is 0 Å². The fourth-order valence-corrected chi connectivity index (χ4v) is 12.1. The van der Waals surface area contributed by atoms with Gasteiger partial charge in [0.05, 0.1) is 22.5 Å². The highest BCUT2D eigenvalue weighted by Gasteiger charge is 2.69. The number of hydrogen-bond donors (Lipinski definition) is 0. The van der Waals surface area contributed by atoms with Crippen molar-refractivity contribution >= 4 is 38.9 Å². The molecule has 294 valence electrons. The van der Waals surface area contributed by atoms with Crippen LogP contribution in [0.15, 0.2) is 0 Å². The summed E-state index contributed by atoms with van der Waals surface area (Å²) in [4.78, 5) is 72.0. The minimum absolute atomic E-state index is 0.00308. The molecule has 1 aliphatic heterocycles. The molecule has 0 N–H and O–H groups in total. The fourth-order valence-electron chi connectivity index (χ4n) is 10.5. The molecule has 0 radical (unpaired) electrons. The van der Waals surface area contributed by atoms with Crippen molar-refractivity contribution in [3.05, 3.63) is 0 Å². The Morgan fingerprint density at radius 1 is 0.846 bits per heavy atom. The van der Waals surface area contributed by atoms with Gasteiger partial charge < -0.3 is 4.90 Å². The van der Waals surface area contributed by atoms with Crippen LogP contribution >= 0.6 is 0 Å². The predicted molar refractivity (Wildman–Crippen MR) is 204 cm³/mol. The lowest BCUT2D eigenvalue weighted by Crippen LogP contribution is -2.52. The van der Waals surface area contributed by atoms with E-state index >= 15 is 4.79 Å². The summed E-state index contributed by atoms with van der Waals surface area (Å²) in [5.74, 6) is -1.83. The van der Waals surface area contributed by atoms with Gasteiger partial charge in [-0.15, -0.1) is 0 Å². The van der Waals surface area contributed by atoms with Gasteiger partial charge in [0.1, 0.15) is 5.78 Å². The third-order valence-electron chi connectivity index (χ3n) is 14.5. The second kappa shape index (κ2) is 15.7. The first-order chi connectivity index (χ1) is 24.3. The van der Waals surface area contributed by atoms with E-state index in [4.69, 9.17) is 0 Å². The Morgan fingerprint density at radius 2 is 1.44 bits per heavy atom. The van der Waals surface area contributed by atoms with E-state index < -0.39 is 49.1 Å². The molecule has 1 unspecified atom stereocenters. The highest BCUT2D eigenvalue weighted by molar-refractivity contribution is 7.92. The molecule has 0 spiro atoms. The molecule has 1 amide bonds. The second-order valence-corrected chi connectivity index (χ2v) is 22.7. The van der Waals surface area contributed by atoms with Gasteiger partial charge in [-0.1, -0.05) is 79.1 Å². The lowest BCUT2D eigenvalue weighted by molar-refractivity contribution is -0.150. The summed E-state index contributed by atoms with van der Waals surface area (Å²) in [6.07, 6.45) is 13.5. The standard InChI is InChI=1S/C43H69NO7S/c1-8-9-16-30(38(48)35(47)23-29-17-18-29)24-34(46)37-36-33(41(36,5)6)27-44(37)39(49)32(42(7)19-12-10-13-20-42)25-31(45)26-43(21-14-11-15-22-43)28-52(50,51)40(2,3)4/h29-30,32-33,36-37H,8-28H2,1-7H3/t30-,32-,33?,36+,37-/m1/s1. The van der Waals surface area contributed by atoms with Crippen LogP contribution in [0.2, 0.25) is 0 Å². The maximum atomic E-state index is 15.0. The van der Waals surface area contributed by atoms with E-state index in [-0.39, 0.29) is 71.9 Å². The molecule has 5 atom stereocenters. The first-order valence-electron chi connectivity index (χ1n) is 20.9. The monoisotopic (exact) mass is 743 g/mol. The number of amides is 1. The molecule has 8 nitrogen and oxygen atoms in total. The van der Waals surface area contributed by atoms with Crippen LogP contribution < -0.4 is 0 Å². The van der Waals surface area contributed by atoms with Gasteiger partial charge >= 0.3 is 0 Å². The summed E-state index contributed by atoms with van der Waals surface area (Å²) in [5, 5.41) is 0. The zero-order valence-corrected chi connectivity index (χ0v) is 34.3. The number of ketones is 4. The Morgan fingerprint density at radius 3 is 2.00 bits per heavy atom. The average Bonchev–Trinajstić information content (AvgIpc) is 3.92. The SMILES string of the molecule is CCCC[C@H](CC(=O)[C@@H]1[C@@H]2C(CN1C(=O)[C@@H](CC(=O)CC1(CS(=O)(=O)C(C)(C)C)CCCCC1)C1(C)CCCCC1)C2(C)C)C(=O)C(=O)CC1CC1. The number of fused-ring (bicyclic) bond motifs is 1. The number of hydrogen-bond acceptors (Lipinski definition) is 7. The quantitative estimate of drug-likeness (QED) is 0.130. The number of piperidine rings is 1. The summed E-state index contributed by atoms with van der Waals surface area (Å²) in [5.41, 5.74) is -1.11. The predicted octanol–water partition coefficient (Wildman–Crippen LogP) is 8.27. The number of Topliss-reactive ketones (excluding diaryl/α,β-unsaturated/α-hetero) is 4. The maximum absolute atomic E-state index is 15.0. The topological polar surface area (TPSA) is 123 Å². The zero-order chi connectivity index (χ0) is 38.3. The molecule has 5 rings (SSSR count). The van der Waals surface area contributed by atoms with Crippen LogP contribution in [-0.2, 0) is 33.8 Å². The van der Waals surface area contributed by atoms with Gasteiger partial charge in [-0.05, 0) is 99.7 Å². The molecule has 0 bridgehead atoms. The largest absolute Gasteiger partial charge is 0.332 e. The highest BCUT2D eigenvalue weighted by Crippen LogP contribution is 2.65. The van der Waals surface area contributed by atoms with E-state index in [1.165, 1.54) is 0 Å². The van der Waals surface area contributed by atoms with Crippen molar-refractivity contribution in [3.8, 4) is 0 Å². The van der Waals surface area contributed by atoms with Gasteiger partial charge in [0.25, 0.3) is 0 Å². The van der Waals surface area contributed by atoms with Crippen LogP contribution in [0.25, 0.3) is 0 Å². The Labute approximate surface area is 314 Å². The van der Waals surface area contributed by atoms with E-state index in [1.54, 1.807) is 25.7 Å². The van der Waals surface area contributed by atoms with E-state index in [0.717, 1.165) is 77.0 Å². The Hall–Kier alpha value is -1.90. The van der Waals surface area contributed by atoms with Crippen molar-refractivity contribution in [2.75, 3.05) is 12.3 Å². The van der Waals surface area contributed by atoms with E-state index in [0.29, 0.717) is 31.7 Å². The number of carbonyl (C=O) groups excluding carboxylic acids is 5. The summed E-state index contributed by atoms with van der Waals surface area (Å²) in [7, 11) is -3.46. The van der Waals surface area contributed by atoms with Crippen LogP contribution in [0.3, 0.4) is 0 Å². The molecule has 9 heteroatoms. The van der Waals surface area contributed by atoms with Crippen LogP contribution in [0.4, 0.5) is 0 Å². The number of nitrogens with zero attached hydrogens (tertiary/aromatic N) is 1. The Balaban J connectivity index is 1.39. The number of carbonyl (C=O) groups is 5. The number of sulfone groups is 1. The lowest BCUT2D eigenvalue weighted by Gasteiger charge is -2.44. The molecule has 4 saturated carbocycles. The number of unbranched alkanes of at least 4 members (excludes halogenated alkanes) is 1. The maximum Gasteiger partial charge on any atom is 0.227 e. The third kappa shape index (κ3) is 8.96. The minimum atomic E-state index is -3.46. The molecule has 5 aliphatic rings. The molecule has 1 heterocycles. The molecule has 5 fully saturated rings. The van der Waals surface area contributed by atoms with Gasteiger partial charge in [0.2, 0.25) is 11.7 Å². The fraction of sp³-hybridized carbons (Fsp3) is 0.884. The summed E-state index contributed by atoms with van der Waals surface area (Å²) >= 11 is 0. The highest BCUT2D eigenvalue weighted by atomic mass is 32.2. The lowest BCUT2D eigenvalue weighted by atomic mass is 9.64. The zero-order valence-electron chi connectivity index (χ0n) is 33.5. The number of rotatable bonds is 18. The van der Waals surface area contributed by atoms with Crippen molar-refractivity contribution in [2.45, 2.75) is 181 Å². The molecule has 0 aromatic rings. The smallest absolute Gasteiger partial charge is 0.227 e. The van der Waals surface area contributed by atoms with Crippen LogP contribution in [0, 0.1) is 45.8 Å². The molecular formula is C43H69NO7S. The van der Waals surface area contributed by atoms with Crippen molar-refractivity contribution < 1.29 is 32.4 Å². The first kappa shape index (κ1) is 41.3. The van der Waals surface area contributed by atoms with Crippen molar-refractivity contribution in [1.82, 2.24) is 4.90 Å². The molecule has 0 aromatic carbocycles. The molecule has 1 saturated heterocycles. The van der Waals surface area contributed by atoms with Gasteiger partial charge in [-0.3, -0.25) is 24.0 Å². The molecule has 0 aromatic heterocycles. The Bertz CT molecular complexity index is 1470. The summed E-state index contributed by atoms with van der Waals surface area (Å²) in [6.45, 7) is 14.1. The normalized spacial score (nSPS) is 27.7. The van der Waals surface area contributed by atoms with Gasteiger partial charge in [0.15, 0.2) is 21.4 Å². The Kier molecular flexibility index (Phi) is 12.4. The first-order valence-corrected chi connectivity index (χ1v) is 22.5. The minimum Gasteiger partial charge on any atom is -0.332 e. The van der Waals surface area contributed by atoms with Crippen LogP contribution in [0.5, 0.6) is 0 Å². The molecular weight excluding hydrogens is 675 g/mol. The van der Waals surface area contributed by atoms with Gasteiger partial charge in [-0.25, -0.2) is 8.42 Å². The summed E-state index contributed by atoms with van der Waals surface area (Å²) < 4.78 is 26.1. The molecule has 52 heavy (non-hydrogen) atoms. The van der Waals surface area contributed by atoms with Crippen molar-refractivity contribution in [2.24, 2.45) is 45.8 Å². The van der Waals surface area contributed by atoms with Gasteiger partial charge in [-0.2, -0.15) is 0 Å². The van der Waals surface area contributed by atoms with Gasteiger partial charge in [0, 0.05) is 38.1 Å². The van der Waals surface area contributed by atoms with Crippen LogP contribution in [0.1, 0.15) is 170 Å². The van der Waals surface area contributed by atoms with Crippen molar-refractivity contribution in [1.29, 1.82) is 0 Å². The number of likely N-dealkylation sites (tertiary alicyclic amines) is 1. The molecule has 4 aliphatic carbocycles. The summed E-state index contributed by atoms with van der Waals surface area (Å²) in [6, 6.07) is -0.658. The second-order valence-electron chi connectivity index (χ2n) is 20.0. The van der Waals surface area contributed by atoms with E-state index in [1.807, 2.05) is 6.92 Å². The third-order valence-corrected chi connectivity index (χ3v) is 17.3.